The van der Waals surface area contributed by atoms with E-state index in [1.165, 1.54) is 16.8 Å². The summed E-state index contributed by atoms with van der Waals surface area (Å²) in [7, 11) is 1.67. The number of anilines is 1. The van der Waals surface area contributed by atoms with Crippen LogP contribution in [-0.4, -0.2) is 27.6 Å². The molecule has 2 atom stereocenters. The molecule has 9 heteroatoms. The first-order valence-corrected chi connectivity index (χ1v) is 9.54. The van der Waals surface area contributed by atoms with Crippen LogP contribution >= 0.6 is 0 Å². The quantitative estimate of drug-likeness (QED) is 0.669. The molecule has 2 amide bonds. The second-order valence-electron chi connectivity index (χ2n) is 7.38. The molecule has 0 radical (unpaired) electrons. The third-order valence-electron chi connectivity index (χ3n) is 5.36. The molecule has 0 saturated heterocycles. The second-order valence-corrected chi connectivity index (χ2v) is 7.38. The van der Waals surface area contributed by atoms with Gasteiger partial charge in [-0.2, -0.15) is 18.3 Å². The summed E-state index contributed by atoms with van der Waals surface area (Å²) < 4.78 is 40.6. The van der Waals surface area contributed by atoms with Crippen LogP contribution in [0, 0.1) is 6.92 Å². The molecule has 6 nitrogen and oxygen atoms in total. The molecule has 2 N–H and O–H groups in total. The van der Waals surface area contributed by atoms with E-state index in [-0.39, 0.29) is 0 Å². The van der Waals surface area contributed by atoms with E-state index in [0.717, 1.165) is 12.1 Å². The van der Waals surface area contributed by atoms with Crippen LogP contribution in [0.5, 0.6) is 0 Å². The minimum absolute atomic E-state index is 0.371. The number of carbonyl (C=O) groups is 2. The van der Waals surface area contributed by atoms with Crippen molar-refractivity contribution < 1.29 is 22.8 Å². The standard InChI is InChI=1S/C22H19F3N4O2/c1-12-16-17(13-8-10-15(11-9-13)22(23,24)25)18(21(31)27-19(16)29(2)28-12)26-20(30)14-6-4-3-5-7-14/h3-11,17-18H,1-2H3,(H,26,30)(H,27,31)/t17-,18+/m1/s1. The van der Waals surface area contributed by atoms with E-state index < -0.39 is 35.5 Å². The van der Waals surface area contributed by atoms with Crippen LogP contribution in [0.1, 0.15) is 38.7 Å². The number of fused-ring (bicyclic) bond motifs is 1. The highest BCUT2D eigenvalue weighted by Gasteiger charge is 2.41. The van der Waals surface area contributed by atoms with Crippen LogP contribution in [0.25, 0.3) is 0 Å². The lowest BCUT2D eigenvalue weighted by atomic mass is 9.81. The summed E-state index contributed by atoms with van der Waals surface area (Å²) in [5.41, 5.74) is 1.32. The topological polar surface area (TPSA) is 76.0 Å². The molecule has 160 valence electrons. The number of halogens is 3. The van der Waals surface area contributed by atoms with Gasteiger partial charge in [-0.15, -0.1) is 0 Å². The molecule has 2 heterocycles. The summed E-state index contributed by atoms with van der Waals surface area (Å²) in [5, 5.41) is 9.84. The molecule has 1 aromatic heterocycles. The zero-order valence-corrected chi connectivity index (χ0v) is 16.7. The highest BCUT2D eigenvalue weighted by atomic mass is 19.4. The first-order valence-electron chi connectivity index (χ1n) is 9.54. The van der Waals surface area contributed by atoms with Crippen molar-refractivity contribution in [1.29, 1.82) is 0 Å². The zero-order chi connectivity index (χ0) is 22.3. The van der Waals surface area contributed by atoms with Crippen molar-refractivity contribution in [3.05, 3.63) is 82.5 Å². The Morgan fingerprint density at radius 3 is 2.35 bits per heavy atom. The molecule has 1 aliphatic rings. The summed E-state index contributed by atoms with van der Waals surface area (Å²) in [5.74, 6) is -1.17. The summed E-state index contributed by atoms with van der Waals surface area (Å²) in [6, 6.07) is 12.0. The molecule has 1 aliphatic heterocycles. The lowest BCUT2D eigenvalue weighted by molar-refractivity contribution is -0.137. The fraction of sp³-hybridized carbons (Fsp3) is 0.227. The minimum atomic E-state index is -4.47. The minimum Gasteiger partial charge on any atom is -0.339 e. The lowest BCUT2D eigenvalue weighted by Crippen LogP contribution is -2.50. The number of benzene rings is 2. The number of nitrogens with one attached hydrogen (secondary N) is 2. The Morgan fingerprint density at radius 2 is 1.74 bits per heavy atom. The van der Waals surface area contributed by atoms with E-state index in [0.29, 0.717) is 28.2 Å². The maximum Gasteiger partial charge on any atom is 0.416 e. The van der Waals surface area contributed by atoms with E-state index >= 15 is 0 Å². The number of rotatable bonds is 3. The number of aromatic nitrogens is 2. The fourth-order valence-corrected chi connectivity index (χ4v) is 3.91. The van der Waals surface area contributed by atoms with Gasteiger partial charge in [-0.1, -0.05) is 30.3 Å². The monoisotopic (exact) mass is 428 g/mol. The third-order valence-corrected chi connectivity index (χ3v) is 5.36. The first-order chi connectivity index (χ1) is 14.7. The predicted octanol–water partition coefficient (Wildman–Crippen LogP) is 3.63. The maximum atomic E-state index is 13.0. The van der Waals surface area contributed by atoms with Crippen LogP contribution in [0.2, 0.25) is 0 Å². The van der Waals surface area contributed by atoms with E-state index in [4.69, 9.17) is 0 Å². The molecule has 31 heavy (non-hydrogen) atoms. The maximum absolute atomic E-state index is 13.0. The molecule has 0 bridgehead atoms. The van der Waals surface area contributed by atoms with Gasteiger partial charge in [0.25, 0.3) is 5.91 Å². The number of carbonyl (C=O) groups excluding carboxylic acids is 2. The summed E-state index contributed by atoms with van der Waals surface area (Å²) in [6.45, 7) is 1.75. The van der Waals surface area contributed by atoms with Gasteiger partial charge in [0, 0.05) is 24.1 Å². The Kier molecular flexibility index (Phi) is 5.04. The number of amides is 2. The molecule has 0 fully saturated rings. The Balaban J connectivity index is 1.78. The van der Waals surface area contributed by atoms with Gasteiger partial charge >= 0.3 is 6.18 Å². The molecule has 3 aromatic rings. The Morgan fingerprint density at radius 1 is 1.10 bits per heavy atom. The van der Waals surface area contributed by atoms with Crippen molar-refractivity contribution in [2.45, 2.75) is 25.1 Å². The van der Waals surface area contributed by atoms with E-state index in [1.807, 2.05) is 0 Å². The molecular weight excluding hydrogens is 409 g/mol. The van der Waals surface area contributed by atoms with Crippen molar-refractivity contribution in [2.75, 3.05) is 5.32 Å². The first kappa shape index (κ1) is 20.6. The number of hydrogen-bond acceptors (Lipinski definition) is 3. The van der Waals surface area contributed by atoms with Crippen molar-refractivity contribution in [1.82, 2.24) is 15.1 Å². The summed E-state index contributed by atoms with van der Waals surface area (Å²) in [4.78, 5) is 25.7. The van der Waals surface area contributed by atoms with E-state index in [2.05, 4.69) is 15.7 Å². The van der Waals surface area contributed by atoms with Gasteiger partial charge in [0.2, 0.25) is 5.91 Å². The molecule has 4 rings (SSSR count). The smallest absolute Gasteiger partial charge is 0.339 e. The lowest BCUT2D eigenvalue weighted by Gasteiger charge is -2.32. The molecule has 0 spiro atoms. The molecule has 0 saturated carbocycles. The van der Waals surface area contributed by atoms with Gasteiger partial charge in [-0.25, -0.2) is 0 Å². The third kappa shape index (κ3) is 3.78. The van der Waals surface area contributed by atoms with E-state index in [1.54, 1.807) is 44.3 Å². The van der Waals surface area contributed by atoms with Crippen molar-refractivity contribution in [3.8, 4) is 0 Å². The zero-order valence-electron chi connectivity index (χ0n) is 16.7. The summed E-state index contributed by atoms with van der Waals surface area (Å²) in [6.07, 6.45) is -4.47. The number of nitrogens with zero attached hydrogens (tertiary/aromatic N) is 2. The van der Waals surface area contributed by atoms with E-state index in [9.17, 15) is 22.8 Å². The average Bonchev–Trinajstić information content (AvgIpc) is 3.01. The van der Waals surface area contributed by atoms with Gasteiger partial charge < -0.3 is 10.6 Å². The Bertz CT molecular complexity index is 1140. The van der Waals surface area contributed by atoms with Crippen LogP contribution in [0.4, 0.5) is 19.0 Å². The van der Waals surface area contributed by atoms with Crippen molar-refractivity contribution in [2.24, 2.45) is 7.05 Å². The van der Waals surface area contributed by atoms with Gasteiger partial charge in [-0.05, 0) is 36.8 Å². The molecule has 0 unspecified atom stereocenters. The number of aryl methyl sites for hydroxylation is 2. The van der Waals surface area contributed by atoms with Crippen LogP contribution in [0.3, 0.4) is 0 Å². The highest BCUT2D eigenvalue weighted by molar-refractivity contribution is 6.03. The molecule has 2 aromatic carbocycles. The van der Waals surface area contributed by atoms with Gasteiger partial charge in [0.15, 0.2) is 0 Å². The van der Waals surface area contributed by atoms with Gasteiger partial charge in [0.1, 0.15) is 11.9 Å². The largest absolute Gasteiger partial charge is 0.416 e. The number of alkyl halides is 3. The van der Waals surface area contributed by atoms with Crippen LogP contribution < -0.4 is 10.6 Å². The van der Waals surface area contributed by atoms with Crippen molar-refractivity contribution >= 4 is 17.6 Å². The SMILES string of the molecule is Cc1nn(C)c2c1[C@@H](c1ccc(C(F)(F)F)cc1)[C@H](NC(=O)c1ccccc1)C(=O)N2. The van der Waals surface area contributed by atoms with Crippen LogP contribution in [-0.2, 0) is 18.0 Å². The molecular formula is C22H19F3N4O2. The Labute approximate surface area is 176 Å². The number of hydrogen-bond donors (Lipinski definition) is 2. The second kappa shape index (κ2) is 7.57. The normalized spacial score (nSPS) is 18.3. The highest BCUT2D eigenvalue weighted by Crippen LogP contribution is 2.40. The van der Waals surface area contributed by atoms with Crippen LogP contribution in [0.15, 0.2) is 54.6 Å². The van der Waals surface area contributed by atoms with Gasteiger partial charge in [0.05, 0.1) is 11.3 Å². The Hall–Kier alpha value is -3.62. The fourth-order valence-electron chi connectivity index (χ4n) is 3.91. The molecule has 0 aliphatic carbocycles. The average molecular weight is 428 g/mol. The summed E-state index contributed by atoms with van der Waals surface area (Å²) >= 11 is 0. The van der Waals surface area contributed by atoms with Gasteiger partial charge in [-0.3, -0.25) is 14.3 Å². The predicted molar refractivity (Wildman–Crippen MR) is 108 cm³/mol. The van der Waals surface area contributed by atoms with Crippen molar-refractivity contribution in [3.63, 3.8) is 0 Å².